The Hall–Kier alpha value is -1.37. The van der Waals surface area contributed by atoms with Gasteiger partial charge in [0.25, 0.3) is 0 Å². The second-order valence-corrected chi connectivity index (χ2v) is 6.17. The molecule has 0 aliphatic heterocycles. The average Bonchev–Trinajstić information content (AvgIpc) is 2.81. The lowest BCUT2D eigenvalue weighted by molar-refractivity contribution is 0.0606. The second kappa shape index (κ2) is 7.06. The largest absolute Gasteiger partial charge is 0.465 e. The van der Waals surface area contributed by atoms with Gasteiger partial charge in [0.05, 0.1) is 12.1 Å². The van der Waals surface area contributed by atoms with Crippen molar-refractivity contribution < 1.29 is 9.53 Å². The Morgan fingerprint density at radius 1 is 1.48 bits per heavy atom. The molecule has 112 valence electrons. The Morgan fingerprint density at radius 2 is 2.24 bits per heavy atom. The van der Waals surface area contributed by atoms with Crippen molar-refractivity contribution in [3.8, 4) is 0 Å². The van der Waals surface area contributed by atoms with Crippen molar-refractivity contribution in [3.05, 3.63) is 28.1 Å². The van der Waals surface area contributed by atoms with Crippen molar-refractivity contribution in [3.63, 3.8) is 0 Å². The van der Waals surface area contributed by atoms with Crippen LogP contribution in [0.15, 0.2) is 18.2 Å². The van der Waals surface area contributed by atoms with Crippen molar-refractivity contribution in [2.45, 2.75) is 13.3 Å². The fourth-order valence-corrected chi connectivity index (χ4v) is 3.47. The second-order valence-electron chi connectivity index (χ2n) is 4.33. The molecule has 7 heteroatoms. The Kier molecular flexibility index (Phi) is 5.39. The van der Waals surface area contributed by atoms with Gasteiger partial charge in [0.2, 0.25) is 0 Å². The van der Waals surface area contributed by atoms with Crippen molar-refractivity contribution in [2.75, 3.05) is 19.0 Å². The van der Waals surface area contributed by atoms with Crippen LogP contribution < -0.4 is 10.6 Å². The summed E-state index contributed by atoms with van der Waals surface area (Å²) in [6.07, 6.45) is 1.00. The van der Waals surface area contributed by atoms with Crippen molar-refractivity contribution >= 4 is 62.0 Å². The molecule has 2 rings (SSSR count). The van der Waals surface area contributed by atoms with Crippen LogP contribution in [0.1, 0.15) is 23.0 Å². The maximum absolute atomic E-state index is 11.6. The van der Waals surface area contributed by atoms with E-state index in [0.29, 0.717) is 15.0 Å². The highest BCUT2D eigenvalue weighted by Crippen LogP contribution is 2.37. The number of thiophene rings is 1. The number of ether oxygens (including phenoxy) is 1. The number of carbonyl (C=O) groups is 1. The van der Waals surface area contributed by atoms with Gasteiger partial charge in [0.1, 0.15) is 4.88 Å². The smallest absolute Gasteiger partial charge is 0.349 e. The van der Waals surface area contributed by atoms with E-state index in [2.05, 4.69) is 17.6 Å². The summed E-state index contributed by atoms with van der Waals surface area (Å²) >= 11 is 12.7. The Bertz CT molecular complexity index is 685. The van der Waals surface area contributed by atoms with E-state index in [1.54, 1.807) is 0 Å². The summed E-state index contributed by atoms with van der Waals surface area (Å²) in [4.78, 5) is 12.1. The van der Waals surface area contributed by atoms with Gasteiger partial charge in [0.15, 0.2) is 5.11 Å². The van der Waals surface area contributed by atoms with Gasteiger partial charge < -0.3 is 15.4 Å². The molecule has 0 fully saturated rings. The van der Waals surface area contributed by atoms with Crippen LogP contribution in [0, 0.1) is 0 Å². The van der Waals surface area contributed by atoms with Crippen LogP contribution >= 0.6 is 35.2 Å². The quantitative estimate of drug-likeness (QED) is 0.648. The zero-order valence-electron chi connectivity index (χ0n) is 11.7. The molecule has 1 heterocycles. The lowest BCUT2D eigenvalue weighted by Gasteiger charge is -2.09. The molecule has 1 aromatic heterocycles. The predicted molar refractivity (Wildman–Crippen MR) is 92.7 cm³/mol. The minimum Gasteiger partial charge on any atom is -0.465 e. The van der Waals surface area contributed by atoms with Gasteiger partial charge >= 0.3 is 5.97 Å². The predicted octanol–water partition coefficient (Wildman–Crippen LogP) is 4.04. The summed E-state index contributed by atoms with van der Waals surface area (Å²) in [5.74, 6) is -0.421. The topological polar surface area (TPSA) is 50.4 Å². The van der Waals surface area contributed by atoms with Crippen LogP contribution in [0.2, 0.25) is 5.02 Å². The molecule has 2 N–H and O–H groups in total. The number of thiocarbonyl (C=S) groups is 1. The molecule has 0 atom stereocenters. The molecule has 0 spiro atoms. The van der Waals surface area contributed by atoms with E-state index in [1.165, 1.54) is 18.4 Å². The van der Waals surface area contributed by atoms with Crippen molar-refractivity contribution in [1.82, 2.24) is 5.32 Å². The number of anilines is 1. The van der Waals surface area contributed by atoms with Gasteiger partial charge in [0, 0.05) is 22.3 Å². The summed E-state index contributed by atoms with van der Waals surface area (Å²) in [5, 5.41) is 8.04. The Labute approximate surface area is 137 Å². The lowest BCUT2D eigenvalue weighted by Crippen LogP contribution is -2.28. The van der Waals surface area contributed by atoms with Crippen molar-refractivity contribution in [2.24, 2.45) is 0 Å². The lowest BCUT2D eigenvalue weighted by atomic mass is 10.2. The number of halogens is 1. The molecular formula is C14H15ClN2O2S2. The first kappa shape index (κ1) is 16.0. The fourth-order valence-electron chi connectivity index (χ4n) is 1.78. The molecule has 0 saturated heterocycles. The number of methoxy groups -OCH3 is 1. The minimum atomic E-state index is -0.421. The number of hydrogen-bond acceptors (Lipinski definition) is 4. The normalized spacial score (nSPS) is 10.4. The first-order chi connectivity index (χ1) is 10.1. The fraction of sp³-hybridized carbons (Fsp3) is 0.286. The standard InChI is InChI=1S/C14H15ClN2O2S2/c1-3-6-16-14(20)17-8-4-5-9-10(7-8)21-12(11(9)15)13(18)19-2/h4-5,7H,3,6H2,1-2H3,(H2,16,17,20). The van der Waals surface area contributed by atoms with Crippen LogP contribution in [-0.2, 0) is 4.74 Å². The summed E-state index contributed by atoms with van der Waals surface area (Å²) in [5.41, 5.74) is 0.852. The molecule has 0 aliphatic rings. The molecule has 4 nitrogen and oxygen atoms in total. The van der Waals surface area contributed by atoms with Gasteiger partial charge in [-0.15, -0.1) is 11.3 Å². The third kappa shape index (κ3) is 3.64. The molecule has 2 aromatic rings. The maximum Gasteiger partial charge on any atom is 0.349 e. The molecule has 0 radical (unpaired) electrons. The summed E-state index contributed by atoms with van der Waals surface area (Å²) in [6, 6.07) is 5.66. The highest BCUT2D eigenvalue weighted by Gasteiger charge is 2.17. The maximum atomic E-state index is 11.6. The number of fused-ring (bicyclic) bond motifs is 1. The monoisotopic (exact) mass is 342 g/mol. The van der Waals surface area contributed by atoms with Gasteiger partial charge in [-0.2, -0.15) is 0 Å². The van der Waals surface area contributed by atoms with Crippen molar-refractivity contribution in [1.29, 1.82) is 0 Å². The number of benzene rings is 1. The number of nitrogens with one attached hydrogen (secondary N) is 2. The van der Waals surface area contributed by atoms with Gasteiger partial charge in [-0.1, -0.05) is 18.5 Å². The number of esters is 1. The highest BCUT2D eigenvalue weighted by atomic mass is 35.5. The zero-order chi connectivity index (χ0) is 15.4. The van der Waals surface area contributed by atoms with E-state index in [9.17, 15) is 4.79 Å². The van der Waals surface area contributed by atoms with E-state index in [4.69, 9.17) is 28.6 Å². The summed E-state index contributed by atoms with van der Waals surface area (Å²) in [6.45, 7) is 2.90. The Morgan fingerprint density at radius 3 is 2.90 bits per heavy atom. The number of hydrogen-bond donors (Lipinski definition) is 2. The SMILES string of the molecule is CCCNC(=S)Nc1ccc2c(Cl)c(C(=O)OC)sc2c1. The third-order valence-corrected chi connectivity index (χ3v) is 4.68. The van der Waals surface area contributed by atoms with E-state index < -0.39 is 5.97 Å². The first-order valence-corrected chi connectivity index (χ1v) is 8.02. The van der Waals surface area contributed by atoms with Crippen LogP contribution in [0.5, 0.6) is 0 Å². The summed E-state index contributed by atoms with van der Waals surface area (Å²) in [7, 11) is 1.34. The van der Waals surface area contributed by atoms with Crippen LogP contribution in [-0.4, -0.2) is 24.7 Å². The van der Waals surface area contributed by atoms with Gasteiger partial charge in [-0.3, -0.25) is 0 Å². The number of rotatable bonds is 4. The van der Waals surface area contributed by atoms with Gasteiger partial charge in [-0.25, -0.2) is 4.79 Å². The van der Waals surface area contributed by atoms with Crippen LogP contribution in [0.3, 0.4) is 0 Å². The van der Waals surface area contributed by atoms with E-state index >= 15 is 0 Å². The average molecular weight is 343 g/mol. The molecule has 0 amide bonds. The molecule has 1 aromatic carbocycles. The minimum absolute atomic E-state index is 0.415. The van der Waals surface area contributed by atoms with Crippen LogP contribution in [0.4, 0.5) is 5.69 Å². The number of carbonyl (C=O) groups excluding carboxylic acids is 1. The van der Waals surface area contributed by atoms with Crippen LogP contribution in [0.25, 0.3) is 10.1 Å². The van der Waals surface area contributed by atoms with E-state index in [1.807, 2.05) is 18.2 Å². The summed E-state index contributed by atoms with van der Waals surface area (Å²) < 4.78 is 5.63. The molecule has 0 saturated carbocycles. The zero-order valence-corrected chi connectivity index (χ0v) is 14.0. The molecule has 0 bridgehead atoms. The van der Waals surface area contributed by atoms with E-state index in [0.717, 1.165) is 28.7 Å². The molecule has 0 unspecified atom stereocenters. The molecular weight excluding hydrogens is 328 g/mol. The van der Waals surface area contributed by atoms with Gasteiger partial charge in [-0.05, 0) is 36.8 Å². The first-order valence-electron chi connectivity index (χ1n) is 6.42. The molecule has 0 aliphatic carbocycles. The third-order valence-electron chi connectivity index (χ3n) is 2.79. The molecule has 21 heavy (non-hydrogen) atoms. The Balaban J connectivity index is 2.26. The highest BCUT2D eigenvalue weighted by molar-refractivity contribution is 7.80. The van der Waals surface area contributed by atoms with E-state index in [-0.39, 0.29) is 0 Å².